The van der Waals surface area contributed by atoms with Crippen LogP contribution in [0.15, 0.2) is 54.6 Å². The first-order chi connectivity index (χ1) is 13.8. The average molecular weight is 416 g/mol. The number of hydrogen-bond donors (Lipinski definition) is 1. The Bertz CT molecular complexity index is 908. The molecule has 1 aliphatic rings. The third-order valence-electron chi connectivity index (χ3n) is 5.19. The quantitative estimate of drug-likeness (QED) is 0.720. The van der Waals surface area contributed by atoms with Crippen molar-refractivity contribution < 1.29 is 13.2 Å². The van der Waals surface area contributed by atoms with Crippen LogP contribution in [-0.4, -0.2) is 44.6 Å². The number of sulfonamides is 1. The first-order valence-corrected chi connectivity index (χ1v) is 11.8. The summed E-state index contributed by atoms with van der Waals surface area (Å²) < 4.78 is 25.7. The lowest BCUT2D eigenvalue weighted by molar-refractivity contribution is -0.122. The lowest BCUT2D eigenvalue weighted by atomic mass is 10.1. The maximum Gasteiger partial charge on any atom is 0.243 e. The number of para-hydroxylation sites is 1. The number of hydrogen-bond acceptors (Lipinski definition) is 4. The Balaban J connectivity index is 1.60. The van der Waals surface area contributed by atoms with Crippen molar-refractivity contribution in [1.29, 1.82) is 0 Å². The smallest absolute Gasteiger partial charge is 0.243 e. The fourth-order valence-corrected chi connectivity index (χ4v) is 4.86. The molecule has 1 fully saturated rings. The van der Waals surface area contributed by atoms with Crippen molar-refractivity contribution in [3.63, 3.8) is 0 Å². The number of nitrogens with zero attached hydrogens (tertiary/aromatic N) is 2. The highest BCUT2D eigenvalue weighted by Crippen LogP contribution is 2.20. The molecule has 29 heavy (non-hydrogen) atoms. The number of carbonyl (C=O) groups excluding carboxylic acids is 1. The second kappa shape index (κ2) is 9.41. The minimum Gasteiger partial charge on any atom is -0.350 e. The van der Waals surface area contributed by atoms with Gasteiger partial charge in [-0.1, -0.05) is 42.5 Å². The van der Waals surface area contributed by atoms with E-state index in [1.54, 1.807) is 31.2 Å². The van der Waals surface area contributed by atoms with E-state index in [9.17, 15) is 13.2 Å². The molecule has 0 radical (unpaired) electrons. The van der Waals surface area contributed by atoms with E-state index < -0.39 is 16.1 Å². The molecule has 3 rings (SSSR count). The van der Waals surface area contributed by atoms with Crippen LogP contribution >= 0.6 is 0 Å². The Labute approximate surface area is 173 Å². The zero-order valence-electron chi connectivity index (χ0n) is 17.0. The van der Waals surface area contributed by atoms with Crippen LogP contribution in [-0.2, 0) is 27.9 Å². The first-order valence-electron chi connectivity index (χ1n) is 9.97. The Morgan fingerprint density at radius 2 is 1.62 bits per heavy atom. The highest BCUT2D eigenvalue weighted by atomic mass is 32.2. The number of amides is 1. The van der Waals surface area contributed by atoms with Gasteiger partial charge in [0.1, 0.15) is 6.04 Å². The van der Waals surface area contributed by atoms with E-state index in [0.717, 1.165) is 35.8 Å². The molecule has 1 aliphatic heterocycles. The Kier molecular flexibility index (Phi) is 6.92. The van der Waals surface area contributed by atoms with E-state index in [4.69, 9.17) is 0 Å². The molecule has 1 N–H and O–H groups in total. The third-order valence-corrected chi connectivity index (χ3v) is 6.44. The Morgan fingerprint density at radius 3 is 2.21 bits per heavy atom. The summed E-state index contributed by atoms with van der Waals surface area (Å²) in [5.74, 6) is -0.333. The van der Waals surface area contributed by atoms with E-state index in [0.29, 0.717) is 12.2 Å². The summed E-state index contributed by atoms with van der Waals surface area (Å²) in [6.45, 7) is 5.24. The molecular weight excluding hydrogens is 386 g/mol. The minimum absolute atomic E-state index is 0.333. The number of nitrogens with one attached hydrogen (secondary N) is 1. The molecule has 6 nitrogen and oxygen atoms in total. The van der Waals surface area contributed by atoms with E-state index in [1.807, 2.05) is 18.2 Å². The zero-order valence-corrected chi connectivity index (χ0v) is 17.9. The summed E-state index contributed by atoms with van der Waals surface area (Å²) in [5.41, 5.74) is 2.73. The molecule has 0 aliphatic carbocycles. The molecule has 156 valence electrons. The second-order valence-corrected chi connectivity index (χ2v) is 9.45. The van der Waals surface area contributed by atoms with Gasteiger partial charge in [0.05, 0.1) is 11.9 Å². The largest absolute Gasteiger partial charge is 0.350 e. The van der Waals surface area contributed by atoms with Gasteiger partial charge in [-0.3, -0.25) is 14.0 Å². The van der Waals surface area contributed by atoms with E-state index >= 15 is 0 Å². The van der Waals surface area contributed by atoms with Crippen molar-refractivity contribution in [2.45, 2.75) is 38.9 Å². The molecule has 2 aromatic rings. The molecule has 2 aromatic carbocycles. The Hall–Kier alpha value is -2.38. The van der Waals surface area contributed by atoms with Crippen LogP contribution < -0.4 is 9.62 Å². The van der Waals surface area contributed by atoms with Gasteiger partial charge in [0, 0.05) is 13.1 Å². The normalized spacial score (nSPS) is 15.8. The fraction of sp³-hybridized carbons (Fsp3) is 0.409. The maximum atomic E-state index is 12.7. The zero-order chi connectivity index (χ0) is 20.9. The molecule has 7 heteroatoms. The molecular formula is C22H29N3O3S. The number of benzene rings is 2. The summed E-state index contributed by atoms with van der Waals surface area (Å²) >= 11 is 0. The SMILES string of the molecule is C[C@H](C(=O)NCc1ccc(CN2CCCC2)cc1)N(c1ccccc1)S(C)(=O)=O. The van der Waals surface area contributed by atoms with Gasteiger partial charge in [-0.25, -0.2) is 8.42 Å². The van der Waals surface area contributed by atoms with Crippen molar-refractivity contribution in [3.05, 3.63) is 65.7 Å². The average Bonchev–Trinajstić information content (AvgIpc) is 3.20. The number of rotatable bonds is 8. The van der Waals surface area contributed by atoms with E-state index in [2.05, 4.69) is 22.3 Å². The highest BCUT2D eigenvalue weighted by molar-refractivity contribution is 7.92. The topological polar surface area (TPSA) is 69.7 Å². The minimum atomic E-state index is -3.59. The highest BCUT2D eigenvalue weighted by Gasteiger charge is 2.28. The van der Waals surface area contributed by atoms with Crippen LogP contribution in [0.1, 0.15) is 30.9 Å². The van der Waals surface area contributed by atoms with Gasteiger partial charge in [-0.15, -0.1) is 0 Å². The van der Waals surface area contributed by atoms with Gasteiger partial charge in [-0.2, -0.15) is 0 Å². The molecule has 1 amide bonds. The van der Waals surface area contributed by atoms with Crippen LogP contribution in [0, 0.1) is 0 Å². The number of carbonyl (C=O) groups is 1. The predicted octanol–water partition coefficient (Wildman–Crippen LogP) is 2.75. The predicted molar refractivity (Wildman–Crippen MR) is 116 cm³/mol. The van der Waals surface area contributed by atoms with Crippen LogP contribution in [0.25, 0.3) is 0 Å². The van der Waals surface area contributed by atoms with Crippen molar-refractivity contribution in [3.8, 4) is 0 Å². The molecule has 1 atom stereocenters. The maximum absolute atomic E-state index is 12.7. The fourth-order valence-electron chi connectivity index (χ4n) is 3.68. The lowest BCUT2D eigenvalue weighted by Crippen LogP contribution is -2.47. The summed E-state index contributed by atoms with van der Waals surface area (Å²) in [4.78, 5) is 15.1. The third kappa shape index (κ3) is 5.81. The van der Waals surface area contributed by atoms with E-state index in [-0.39, 0.29) is 5.91 Å². The summed E-state index contributed by atoms with van der Waals surface area (Å²) in [6, 6.07) is 16.1. The van der Waals surface area contributed by atoms with Crippen molar-refractivity contribution in [2.24, 2.45) is 0 Å². The first kappa shape index (κ1) is 21.3. The van der Waals surface area contributed by atoms with Crippen LogP contribution in [0.3, 0.4) is 0 Å². The number of anilines is 1. The van der Waals surface area contributed by atoms with Crippen molar-refractivity contribution in [2.75, 3.05) is 23.7 Å². The molecule has 0 aromatic heterocycles. The van der Waals surface area contributed by atoms with Gasteiger partial charge in [0.2, 0.25) is 15.9 Å². The van der Waals surface area contributed by atoms with Crippen LogP contribution in [0.5, 0.6) is 0 Å². The van der Waals surface area contributed by atoms with Gasteiger partial charge in [-0.05, 0) is 56.1 Å². The summed E-state index contributed by atoms with van der Waals surface area (Å²) in [6.07, 6.45) is 3.66. The van der Waals surface area contributed by atoms with Crippen LogP contribution in [0.2, 0.25) is 0 Å². The van der Waals surface area contributed by atoms with Gasteiger partial charge >= 0.3 is 0 Å². The lowest BCUT2D eigenvalue weighted by Gasteiger charge is -2.28. The van der Waals surface area contributed by atoms with Gasteiger partial charge in [0.15, 0.2) is 0 Å². The summed E-state index contributed by atoms with van der Waals surface area (Å²) in [5, 5.41) is 2.86. The molecule has 0 unspecified atom stereocenters. The molecule has 1 heterocycles. The van der Waals surface area contributed by atoms with Gasteiger partial charge < -0.3 is 5.32 Å². The summed E-state index contributed by atoms with van der Waals surface area (Å²) in [7, 11) is -3.59. The van der Waals surface area contributed by atoms with Crippen molar-refractivity contribution in [1.82, 2.24) is 10.2 Å². The molecule has 0 bridgehead atoms. The monoisotopic (exact) mass is 415 g/mol. The van der Waals surface area contributed by atoms with Gasteiger partial charge in [0.25, 0.3) is 0 Å². The number of likely N-dealkylation sites (tertiary alicyclic amines) is 1. The standard InChI is InChI=1S/C22H29N3O3S/c1-18(25(29(2,27)28)21-8-4-3-5-9-21)22(26)23-16-19-10-12-20(13-11-19)17-24-14-6-7-15-24/h3-5,8-13,18H,6-7,14-17H2,1-2H3,(H,23,26)/t18-/m1/s1. The van der Waals surface area contributed by atoms with Crippen molar-refractivity contribution >= 4 is 21.6 Å². The molecule has 1 saturated heterocycles. The molecule has 0 spiro atoms. The Morgan fingerprint density at radius 1 is 1.03 bits per heavy atom. The molecule has 0 saturated carbocycles. The second-order valence-electron chi connectivity index (χ2n) is 7.59. The van der Waals surface area contributed by atoms with E-state index in [1.165, 1.54) is 18.4 Å². The van der Waals surface area contributed by atoms with Crippen LogP contribution in [0.4, 0.5) is 5.69 Å².